The third-order valence-corrected chi connectivity index (χ3v) is 3.28. The van der Waals surface area contributed by atoms with E-state index in [4.69, 9.17) is 5.11 Å². The number of carboxylic acid groups (broad SMARTS) is 1. The Balaban J connectivity index is 2.81. The molecule has 0 aliphatic heterocycles. The Morgan fingerprint density at radius 3 is 2.60 bits per heavy atom. The van der Waals surface area contributed by atoms with E-state index >= 15 is 0 Å². The van der Waals surface area contributed by atoms with E-state index in [-0.39, 0.29) is 18.6 Å². The molecule has 0 saturated carbocycles. The molecule has 0 aliphatic carbocycles. The van der Waals surface area contributed by atoms with Crippen molar-refractivity contribution in [1.29, 1.82) is 0 Å². The number of anilines is 1. The maximum atomic E-state index is 12.2. The summed E-state index contributed by atoms with van der Waals surface area (Å²) >= 11 is 0. The second-order valence-corrected chi connectivity index (χ2v) is 4.76. The topological polar surface area (TPSA) is 69.6 Å². The van der Waals surface area contributed by atoms with Crippen molar-refractivity contribution in [3.05, 3.63) is 29.8 Å². The van der Waals surface area contributed by atoms with Gasteiger partial charge in [-0.05, 0) is 37.5 Å². The molecule has 0 aliphatic rings. The van der Waals surface area contributed by atoms with Gasteiger partial charge in [-0.25, -0.2) is 4.79 Å². The number of amides is 2. The average molecular weight is 278 g/mol. The second-order valence-electron chi connectivity index (χ2n) is 4.76. The molecule has 1 atom stereocenters. The van der Waals surface area contributed by atoms with Crippen LogP contribution in [0.4, 0.5) is 10.5 Å². The van der Waals surface area contributed by atoms with E-state index < -0.39 is 5.97 Å². The number of aryl methyl sites for hydroxylation is 1. The molecule has 1 aromatic carbocycles. The molecule has 0 aromatic heterocycles. The average Bonchev–Trinajstić information content (AvgIpc) is 2.43. The SMILES string of the molecule is CCc1cccc(NC(=O)N(CC(=O)O)C(C)CC)c1. The van der Waals surface area contributed by atoms with Gasteiger partial charge in [-0.2, -0.15) is 0 Å². The van der Waals surface area contributed by atoms with Crippen molar-refractivity contribution in [2.24, 2.45) is 0 Å². The fourth-order valence-electron chi connectivity index (χ4n) is 1.86. The lowest BCUT2D eigenvalue weighted by Gasteiger charge is -2.27. The van der Waals surface area contributed by atoms with Crippen molar-refractivity contribution >= 4 is 17.7 Å². The first kappa shape index (κ1) is 16.0. The molecular weight excluding hydrogens is 256 g/mol. The summed E-state index contributed by atoms with van der Waals surface area (Å²) in [6.45, 7) is 5.50. The van der Waals surface area contributed by atoms with Crippen molar-refractivity contribution in [3.63, 3.8) is 0 Å². The predicted octanol–water partition coefficient (Wildman–Crippen LogP) is 2.97. The van der Waals surface area contributed by atoms with E-state index in [1.807, 2.05) is 39.0 Å². The van der Waals surface area contributed by atoms with Crippen LogP contribution >= 0.6 is 0 Å². The van der Waals surface area contributed by atoms with Gasteiger partial charge in [0.15, 0.2) is 0 Å². The smallest absolute Gasteiger partial charge is 0.323 e. The van der Waals surface area contributed by atoms with Crippen LogP contribution in [0.2, 0.25) is 0 Å². The molecule has 20 heavy (non-hydrogen) atoms. The lowest BCUT2D eigenvalue weighted by Crippen LogP contribution is -2.44. The van der Waals surface area contributed by atoms with Crippen LogP contribution in [0, 0.1) is 0 Å². The monoisotopic (exact) mass is 278 g/mol. The number of carboxylic acids is 1. The van der Waals surface area contributed by atoms with Crippen LogP contribution in [0.1, 0.15) is 32.8 Å². The standard InChI is InChI=1S/C15H22N2O3/c1-4-11(3)17(10-14(18)19)15(20)16-13-8-6-7-12(5-2)9-13/h6-9,11H,4-5,10H2,1-3H3,(H,16,20)(H,18,19). The van der Waals surface area contributed by atoms with E-state index in [9.17, 15) is 9.59 Å². The Bertz CT molecular complexity index is 474. The zero-order valence-electron chi connectivity index (χ0n) is 12.2. The molecule has 5 nitrogen and oxygen atoms in total. The van der Waals surface area contributed by atoms with E-state index in [0.29, 0.717) is 12.1 Å². The van der Waals surface area contributed by atoms with Crippen molar-refractivity contribution < 1.29 is 14.7 Å². The summed E-state index contributed by atoms with van der Waals surface area (Å²) < 4.78 is 0. The third-order valence-electron chi connectivity index (χ3n) is 3.28. The van der Waals surface area contributed by atoms with Crippen LogP contribution in [0.15, 0.2) is 24.3 Å². The van der Waals surface area contributed by atoms with Crippen LogP contribution in [0.3, 0.4) is 0 Å². The number of nitrogens with zero attached hydrogens (tertiary/aromatic N) is 1. The van der Waals surface area contributed by atoms with Gasteiger partial charge in [-0.15, -0.1) is 0 Å². The van der Waals surface area contributed by atoms with Crippen LogP contribution in [0.5, 0.6) is 0 Å². The summed E-state index contributed by atoms with van der Waals surface area (Å²) in [6, 6.07) is 7.05. The van der Waals surface area contributed by atoms with Crippen LogP contribution < -0.4 is 5.32 Å². The molecule has 0 spiro atoms. The van der Waals surface area contributed by atoms with E-state index in [0.717, 1.165) is 12.0 Å². The molecule has 0 heterocycles. The lowest BCUT2D eigenvalue weighted by atomic mass is 10.1. The largest absolute Gasteiger partial charge is 0.480 e. The zero-order valence-corrected chi connectivity index (χ0v) is 12.2. The Morgan fingerprint density at radius 1 is 1.35 bits per heavy atom. The summed E-state index contributed by atoms with van der Waals surface area (Å²) in [4.78, 5) is 24.4. The van der Waals surface area contributed by atoms with Gasteiger partial charge in [-0.3, -0.25) is 4.79 Å². The Morgan fingerprint density at radius 2 is 2.05 bits per heavy atom. The van der Waals surface area contributed by atoms with E-state index in [1.54, 1.807) is 6.07 Å². The molecule has 1 aromatic rings. The summed E-state index contributed by atoms with van der Waals surface area (Å²) in [7, 11) is 0. The first-order valence-electron chi connectivity index (χ1n) is 6.86. The molecular formula is C15H22N2O3. The molecule has 110 valence electrons. The minimum Gasteiger partial charge on any atom is -0.480 e. The van der Waals surface area contributed by atoms with Gasteiger partial charge in [0.25, 0.3) is 0 Å². The van der Waals surface area contributed by atoms with Crippen molar-refractivity contribution in [2.45, 2.75) is 39.7 Å². The van der Waals surface area contributed by atoms with Crippen molar-refractivity contribution in [2.75, 3.05) is 11.9 Å². The normalized spacial score (nSPS) is 11.8. The fourth-order valence-corrected chi connectivity index (χ4v) is 1.86. The van der Waals surface area contributed by atoms with Crippen molar-refractivity contribution in [1.82, 2.24) is 4.90 Å². The number of benzene rings is 1. The van der Waals surface area contributed by atoms with Gasteiger partial charge >= 0.3 is 12.0 Å². The third kappa shape index (κ3) is 4.57. The van der Waals surface area contributed by atoms with E-state index in [2.05, 4.69) is 5.32 Å². The predicted molar refractivity (Wildman–Crippen MR) is 78.9 cm³/mol. The molecule has 2 amide bonds. The second kappa shape index (κ2) is 7.53. The highest BCUT2D eigenvalue weighted by Gasteiger charge is 2.21. The highest BCUT2D eigenvalue weighted by Crippen LogP contribution is 2.13. The van der Waals surface area contributed by atoms with Crippen LogP contribution in [0.25, 0.3) is 0 Å². The first-order chi connectivity index (χ1) is 9.47. The lowest BCUT2D eigenvalue weighted by molar-refractivity contribution is -0.138. The zero-order chi connectivity index (χ0) is 15.1. The maximum absolute atomic E-state index is 12.2. The number of urea groups is 1. The molecule has 0 radical (unpaired) electrons. The van der Waals surface area contributed by atoms with Gasteiger partial charge in [0.05, 0.1) is 0 Å². The van der Waals surface area contributed by atoms with Crippen LogP contribution in [-0.2, 0) is 11.2 Å². The summed E-state index contributed by atoms with van der Waals surface area (Å²) in [5, 5.41) is 11.7. The first-order valence-corrected chi connectivity index (χ1v) is 6.86. The maximum Gasteiger partial charge on any atom is 0.323 e. The van der Waals surface area contributed by atoms with Gasteiger partial charge in [-0.1, -0.05) is 26.0 Å². The Hall–Kier alpha value is -2.04. The number of hydrogen-bond acceptors (Lipinski definition) is 2. The number of rotatable bonds is 6. The van der Waals surface area contributed by atoms with E-state index in [1.165, 1.54) is 4.90 Å². The molecule has 1 unspecified atom stereocenters. The van der Waals surface area contributed by atoms with Gasteiger partial charge in [0, 0.05) is 11.7 Å². The fraction of sp³-hybridized carbons (Fsp3) is 0.467. The number of carbonyl (C=O) groups excluding carboxylic acids is 1. The number of carbonyl (C=O) groups is 2. The minimum atomic E-state index is -1.01. The molecule has 5 heteroatoms. The number of hydrogen-bond donors (Lipinski definition) is 2. The summed E-state index contributed by atoms with van der Waals surface area (Å²) in [6.07, 6.45) is 1.59. The van der Waals surface area contributed by atoms with Gasteiger partial charge in [0.1, 0.15) is 6.54 Å². The quantitative estimate of drug-likeness (QED) is 0.840. The molecule has 0 bridgehead atoms. The highest BCUT2D eigenvalue weighted by atomic mass is 16.4. The number of nitrogens with one attached hydrogen (secondary N) is 1. The summed E-state index contributed by atoms with van der Waals surface area (Å²) in [5.41, 5.74) is 1.81. The van der Waals surface area contributed by atoms with Gasteiger partial charge in [0.2, 0.25) is 0 Å². The van der Waals surface area contributed by atoms with Crippen molar-refractivity contribution in [3.8, 4) is 0 Å². The Kier molecular flexibility index (Phi) is 6.03. The molecule has 0 saturated heterocycles. The minimum absolute atomic E-state index is 0.125. The molecule has 1 rings (SSSR count). The highest BCUT2D eigenvalue weighted by molar-refractivity contribution is 5.91. The number of aliphatic carboxylic acids is 1. The molecule has 0 fully saturated rings. The summed E-state index contributed by atoms with van der Waals surface area (Å²) in [5.74, 6) is -1.01. The van der Waals surface area contributed by atoms with Crippen LogP contribution in [-0.4, -0.2) is 34.6 Å². The van der Waals surface area contributed by atoms with Gasteiger partial charge < -0.3 is 15.3 Å². The molecule has 2 N–H and O–H groups in total. The Labute approximate surface area is 119 Å².